The third-order valence-electron chi connectivity index (χ3n) is 5.77. The van der Waals surface area contributed by atoms with Gasteiger partial charge in [0.05, 0.1) is 12.1 Å². The van der Waals surface area contributed by atoms with E-state index in [4.69, 9.17) is 0 Å². The lowest BCUT2D eigenvalue weighted by atomic mass is 10.2. The number of pyridine rings is 2. The first kappa shape index (κ1) is 22.4. The van der Waals surface area contributed by atoms with Gasteiger partial charge < -0.3 is 9.88 Å². The molecule has 7 nitrogen and oxygen atoms in total. The fourth-order valence-corrected chi connectivity index (χ4v) is 3.95. The molecule has 0 saturated carbocycles. The van der Waals surface area contributed by atoms with Crippen molar-refractivity contribution >= 4 is 11.4 Å². The number of fused-ring (bicyclic) bond motifs is 1. The molecule has 0 atom stereocenters. The summed E-state index contributed by atoms with van der Waals surface area (Å²) in [5, 5.41) is 2.93. The van der Waals surface area contributed by atoms with Gasteiger partial charge in [-0.05, 0) is 49.2 Å². The molecule has 1 amide bonds. The molecule has 0 bridgehead atoms. The Hall–Kier alpha value is -4.40. The van der Waals surface area contributed by atoms with E-state index in [0.29, 0.717) is 47.1 Å². The SMILES string of the molecule is Cc1nc(-c2nc(C(=O)NCCc3ccncc3)c3ccccn23)cn1Cc1ccc(F)cc1F. The fourth-order valence-electron chi connectivity index (χ4n) is 3.95. The van der Waals surface area contributed by atoms with E-state index in [-0.39, 0.29) is 12.5 Å². The standard InChI is InChI=1S/C26H22F2N6O/c1-17-31-22(16-33(17)15-19-5-6-20(27)14-21(19)28)25-32-24(23-4-2-3-13-34(23)25)26(35)30-12-9-18-7-10-29-11-8-18/h2-8,10-11,13-14,16H,9,12,15H2,1H3,(H,30,35). The molecule has 1 N–H and O–H groups in total. The quantitative estimate of drug-likeness (QED) is 0.385. The van der Waals surface area contributed by atoms with Crippen molar-refractivity contribution < 1.29 is 13.6 Å². The molecule has 4 aromatic heterocycles. The summed E-state index contributed by atoms with van der Waals surface area (Å²) in [4.78, 5) is 26.2. The minimum Gasteiger partial charge on any atom is -0.350 e. The van der Waals surface area contributed by atoms with Crippen LogP contribution < -0.4 is 5.32 Å². The van der Waals surface area contributed by atoms with Crippen molar-refractivity contribution in [3.8, 4) is 11.5 Å². The number of aromatic nitrogens is 5. The molecule has 0 radical (unpaired) electrons. The number of halogens is 2. The highest BCUT2D eigenvalue weighted by Gasteiger charge is 2.20. The topological polar surface area (TPSA) is 77.1 Å². The number of carbonyl (C=O) groups is 1. The Morgan fingerprint density at radius 2 is 1.89 bits per heavy atom. The number of benzene rings is 1. The van der Waals surface area contributed by atoms with Crippen molar-refractivity contribution in [3.05, 3.63) is 108 Å². The van der Waals surface area contributed by atoms with Gasteiger partial charge in [-0.3, -0.25) is 14.2 Å². The molecule has 0 saturated heterocycles. The minimum absolute atomic E-state index is 0.191. The molecule has 0 aliphatic heterocycles. The van der Waals surface area contributed by atoms with Crippen molar-refractivity contribution in [2.75, 3.05) is 6.54 Å². The minimum atomic E-state index is -0.621. The zero-order valence-electron chi connectivity index (χ0n) is 18.9. The second-order valence-corrected chi connectivity index (χ2v) is 8.14. The molecule has 4 heterocycles. The predicted octanol–water partition coefficient (Wildman–Crippen LogP) is 4.20. The summed E-state index contributed by atoms with van der Waals surface area (Å²) in [5.74, 6) is -0.374. The molecule has 5 rings (SSSR count). The summed E-state index contributed by atoms with van der Waals surface area (Å²) in [5.41, 5.74) is 2.92. The molecular formula is C26H22F2N6O. The summed E-state index contributed by atoms with van der Waals surface area (Å²) in [7, 11) is 0. The van der Waals surface area contributed by atoms with E-state index in [1.54, 1.807) is 30.1 Å². The van der Waals surface area contributed by atoms with E-state index in [1.165, 1.54) is 12.1 Å². The Bertz CT molecular complexity index is 1510. The van der Waals surface area contributed by atoms with Crippen LogP contribution in [0, 0.1) is 18.6 Å². The van der Waals surface area contributed by atoms with Gasteiger partial charge >= 0.3 is 0 Å². The summed E-state index contributed by atoms with van der Waals surface area (Å²) in [6.07, 6.45) is 7.69. The van der Waals surface area contributed by atoms with Crippen LogP contribution in [0.25, 0.3) is 17.0 Å². The monoisotopic (exact) mass is 472 g/mol. The first-order valence-electron chi connectivity index (χ1n) is 11.1. The van der Waals surface area contributed by atoms with E-state index >= 15 is 0 Å². The third kappa shape index (κ3) is 4.65. The molecule has 0 unspecified atom stereocenters. The summed E-state index contributed by atoms with van der Waals surface area (Å²) in [6.45, 7) is 2.45. The average Bonchev–Trinajstić information content (AvgIpc) is 3.42. The van der Waals surface area contributed by atoms with Crippen LogP contribution in [0.5, 0.6) is 0 Å². The fraction of sp³-hybridized carbons (Fsp3) is 0.154. The molecule has 1 aromatic carbocycles. The first-order valence-corrected chi connectivity index (χ1v) is 11.1. The molecule has 35 heavy (non-hydrogen) atoms. The highest BCUT2D eigenvalue weighted by molar-refractivity contribution is 6.00. The van der Waals surface area contributed by atoms with Crippen molar-refractivity contribution in [2.45, 2.75) is 19.9 Å². The zero-order valence-corrected chi connectivity index (χ0v) is 18.9. The van der Waals surface area contributed by atoms with E-state index in [2.05, 4.69) is 20.3 Å². The Morgan fingerprint density at radius 1 is 1.06 bits per heavy atom. The van der Waals surface area contributed by atoms with Crippen LogP contribution in [-0.4, -0.2) is 36.4 Å². The van der Waals surface area contributed by atoms with Gasteiger partial charge in [-0.2, -0.15) is 0 Å². The highest BCUT2D eigenvalue weighted by Crippen LogP contribution is 2.23. The van der Waals surface area contributed by atoms with Gasteiger partial charge in [0, 0.05) is 43.0 Å². The van der Waals surface area contributed by atoms with Gasteiger partial charge in [-0.1, -0.05) is 12.1 Å². The van der Waals surface area contributed by atoms with Crippen LogP contribution >= 0.6 is 0 Å². The van der Waals surface area contributed by atoms with E-state index < -0.39 is 11.6 Å². The highest BCUT2D eigenvalue weighted by atomic mass is 19.1. The molecule has 0 fully saturated rings. The van der Waals surface area contributed by atoms with Crippen molar-refractivity contribution in [2.24, 2.45) is 0 Å². The molecule has 176 valence electrons. The maximum Gasteiger partial charge on any atom is 0.272 e. The number of carbonyl (C=O) groups excluding carboxylic acids is 1. The number of amides is 1. The lowest BCUT2D eigenvalue weighted by Crippen LogP contribution is -2.26. The summed E-state index contributed by atoms with van der Waals surface area (Å²) in [6, 6.07) is 12.9. The maximum absolute atomic E-state index is 14.2. The molecule has 9 heteroatoms. The number of nitrogens with one attached hydrogen (secondary N) is 1. The molecular weight excluding hydrogens is 450 g/mol. The van der Waals surface area contributed by atoms with Gasteiger partial charge in [0.15, 0.2) is 11.5 Å². The van der Waals surface area contributed by atoms with E-state index in [9.17, 15) is 13.6 Å². The predicted molar refractivity (Wildman–Crippen MR) is 127 cm³/mol. The largest absolute Gasteiger partial charge is 0.350 e. The number of hydrogen-bond acceptors (Lipinski definition) is 4. The second-order valence-electron chi connectivity index (χ2n) is 8.14. The van der Waals surface area contributed by atoms with Crippen LogP contribution in [0.1, 0.15) is 27.4 Å². The van der Waals surface area contributed by atoms with Gasteiger partial charge in [-0.25, -0.2) is 18.7 Å². The van der Waals surface area contributed by atoms with Gasteiger partial charge in [0.25, 0.3) is 5.91 Å². The van der Waals surface area contributed by atoms with Crippen LogP contribution in [0.4, 0.5) is 8.78 Å². The van der Waals surface area contributed by atoms with Crippen LogP contribution in [-0.2, 0) is 13.0 Å². The van der Waals surface area contributed by atoms with E-state index in [0.717, 1.165) is 11.6 Å². The number of aryl methyl sites for hydroxylation is 1. The van der Waals surface area contributed by atoms with Crippen molar-refractivity contribution in [1.82, 2.24) is 29.2 Å². The summed E-state index contributed by atoms with van der Waals surface area (Å²) < 4.78 is 31.0. The van der Waals surface area contributed by atoms with Crippen LogP contribution in [0.3, 0.4) is 0 Å². The Labute approximate surface area is 200 Å². The Morgan fingerprint density at radius 3 is 2.69 bits per heavy atom. The van der Waals surface area contributed by atoms with Crippen LogP contribution in [0.15, 0.2) is 73.3 Å². The van der Waals surface area contributed by atoms with Gasteiger partial charge in [0.2, 0.25) is 0 Å². The molecule has 0 aliphatic carbocycles. The Kier molecular flexibility index (Phi) is 6.05. The van der Waals surface area contributed by atoms with E-state index in [1.807, 2.05) is 40.9 Å². The van der Waals surface area contributed by atoms with Gasteiger partial charge in [-0.15, -0.1) is 0 Å². The Balaban J connectivity index is 1.41. The number of hydrogen-bond donors (Lipinski definition) is 1. The van der Waals surface area contributed by atoms with Gasteiger partial charge in [0.1, 0.15) is 23.2 Å². The second kappa shape index (κ2) is 9.46. The molecule has 0 spiro atoms. The smallest absolute Gasteiger partial charge is 0.272 e. The normalized spacial score (nSPS) is 11.2. The molecule has 0 aliphatic rings. The average molecular weight is 472 g/mol. The third-order valence-corrected chi connectivity index (χ3v) is 5.77. The first-order chi connectivity index (χ1) is 17.0. The lowest BCUT2D eigenvalue weighted by molar-refractivity contribution is 0.0951. The zero-order chi connectivity index (χ0) is 24.4. The molecule has 5 aromatic rings. The maximum atomic E-state index is 14.2. The number of rotatable bonds is 7. The van der Waals surface area contributed by atoms with Crippen molar-refractivity contribution in [3.63, 3.8) is 0 Å². The number of nitrogens with zero attached hydrogens (tertiary/aromatic N) is 5. The van der Waals surface area contributed by atoms with Crippen LogP contribution in [0.2, 0.25) is 0 Å². The van der Waals surface area contributed by atoms with Crippen molar-refractivity contribution in [1.29, 1.82) is 0 Å². The summed E-state index contributed by atoms with van der Waals surface area (Å²) >= 11 is 0. The number of imidazole rings is 2. The lowest BCUT2D eigenvalue weighted by Gasteiger charge is -2.06.